The Morgan fingerprint density at radius 2 is 2.20 bits per heavy atom. The molecule has 0 bridgehead atoms. The minimum atomic E-state index is -1.40. The summed E-state index contributed by atoms with van der Waals surface area (Å²) in [5.41, 5.74) is 0.0781. The van der Waals surface area contributed by atoms with Crippen molar-refractivity contribution in [2.75, 3.05) is 0 Å². The van der Waals surface area contributed by atoms with Crippen molar-refractivity contribution < 1.29 is 9.18 Å². The van der Waals surface area contributed by atoms with Gasteiger partial charge in [0.2, 0.25) is 0 Å². The van der Waals surface area contributed by atoms with E-state index in [1.165, 1.54) is 12.1 Å². The van der Waals surface area contributed by atoms with Crippen molar-refractivity contribution in [2.45, 2.75) is 0 Å². The fourth-order valence-electron chi connectivity index (χ4n) is 0.611. The van der Waals surface area contributed by atoms with E-state index in [2.05, 4.69) is 15.9 Å². The number of hydrogen-bond acceptors (Lipinski definition) is 1. The molecule has 0 radical (unpaired) electrons. The smallest absolute Gasteiger partial charge is 0.255 e. The first-order valence-corrected chi connectivity index (χ1v) is 3.45. The number of halogens is 2. The molecule has 0 unspecified atom stereocenters. The normalized spacial score (nSPS) is 9.40. The second-order valence-electron chi connectivity index (χ2n) is 1.78. The van der Waals surface area contributed by atoms with Crippen molar-refractivity contribution >= 4 is 22.0 Å². The van der Waals surface area contributed by atoms with Gasteiger partial charge in [0, 0.05) is 4.47 Å². The van der Waals surface area contributed by atoms with Crippen LogP contribution in [0.4, 0.5) is 4.39 Å². The highest BCUT2D eigenvalue weighted by Crippen LogP contribution is 2.11. The van der Waals surface area contributed by atoms with Crippen LogP contribution in [0.15, 0.2) is 28.7 Å². The first-order valence-electron chi connectivity index (χ1n) is 2.65. The molecule has 1 nitrogen and oxygen atoms in total. The molecule has 0 aliphatic carbocycles. The average Bonchev–Trinajstić information content (AvgIpc) is 1.88. The average molecular weight is 203 g/mol. The van der Waals surface area contributed by atoms with Crippen LogP contribution in [0.2, 0.25) is 0 Å². The van der Waals surface area contributed by atoms with Crippen molar-refractivity contribution in [1.29, 1.82) is 0 Å². The Morgan fingerprint density at radius 3 is 2.60 bits per heavy atom. The van der Waals surface area contributed by atoms with Crippen LogP contribution in [0.1, 0.15) is 10.4 Å². The second kappa shape index (κ2) is 2.92. The van der Waals surface area contributed by atoms with E-state index < -0.39 is 6.04 Å². The van der Waals surface area contributed by atoms with Crippen LogP contribution in [-0.2, 0) is 0 Å². The highest BCUT2D eigenvalue weighted by Gasteiger charge is 2.01. The Balaban J connectivity index is 3.07. The van der Waals surface area contributed by atoms with Gasteiger partial charge in [0.05, 0.1) is 5.56 Å². The summed E-state index contributed by atoms with van der Waals surface area (Å²) in [4.78, 5) is 10.1. The predicted molar refractivity (Wildman–Crippen MR) is 39.6 cm³/mol. The Labute approximate surface area is 66.0 Å². The summed E-state index contributed by atoms with van der Waals surface area (Å²) in [5.74, 6) is 0. The molecule has 3 heteroatoms. The zero-order chi connectivity index (χ0) is 7.56. The number of hydrogen-bond donors (Lipinski definition) is 0. The third-order valence-electron chi connectivity index (χ3n) is 1.05. The van der Waals surface area contributed by atoms with Crippen molar-refractivity contribution in [1.82, 2.24) is 0 Å². The van der Waals surface area contributed by atoms with Gasteiger partial charge >= 0.3 is 6.04 Å². The van der Waals surface area contributed by atoms with Gasteiger partial charge in [0.15, 0.2) is 0 Å². The first-order chi connectivity index (χ1) is 4.70. The lowest BCUT2D eigenvalue weighted by molar-refractivity contribution is 0.0836. The van der Waals surface area contributed by atoms with Gasteiger partial charge in [-0.05, 0) is 18.2 Å². The van der Waals surface area contributed by atoms with Crippen LogP contribution in [0.25, 0.3) is 0 Å². The summed E-state index contributed by atoms with van der Waals surface area (Å²) in [7, 11) is 0. The third kappa shape index (κ3) is 1.64. The van der Waals surface area contributed by atoms with Gasteiger partial charge in [-0.15, -0.1) is 0 Å². The third-order valence-corrected chi connectivity index (χ3v) is 1.54. The fourth-order valence-corrected chi connectivity index (χ4v) is 1.01. The monoisotopic (exact) mass is 202 g/mol. The topological polar surface area (TPSA) is 17.1 Å². The molecule has 1 rings (SSSR count). The molecule has 0 aromatic heterocycles. The maximum atomic E-state index is 12.0. The van der Waals surface area contributed by atoms with E-state index in [1.54, 1.807) is 12.1 Å². The molecule has 0 aliphatic heterocycles. The standard InChI is InChI=1S/C7H4BrFO/c8-6-3-1-2-5(4-6)7(9)10/h1-4H. The van der Waals surface area contributed by atoms with Crippen molar-refractivity contribution in [3.63, 3.8) is 0 Å². The fraction of sp³-hybridized carbons (Fsp3) is 0. The van der Waals surface area contributed by atoms with Gasteiger partial charge in [0.25, 0.3) is 0 Å². The van der Waals surface area contributed by atoms with E-state index in [0.29, 0.717) is 4.47 Å². The molecule has 0 saturated heterocycles. The summed E-state index contributed by atoms with van der Waals surface area (Å²) in [6.45, 7) is 0. The zero-order valence-corrected chi connectivity index (χ0v) is 6.56. The molecular weight excluding hydrogens is 199 g/mol. The van der Waals surface area contributed by atoms with Crippen LogP contribution in [0, 0.1) is 0 Å². The molecule has 0 aliphatic rings. The zero-order valence-electron chi connectivity index (χ0n) is 4.97. The first kappa shape index (κ1) is 7.41. The van der Waals surface area contributed by atoms with Crippen LogP contribution in [0.3, 0.4) is 0 Å². The van der Waals surface area contributed by atoms with Crippen LogP contribution in [-0.4, -0.2) is 6.04 Å². The SMILES string of the molecule is O=C(F)c1cccc(Br)c1. The molecule has 0 spiro atoms. The Morgan fingerprint density at radius 1 is 1.50 bits per heavy atom. The molecular formula is C7H4BrFO. The minimum absolute atomic E-state index is 0.0781. The lowest BCUT2D eigenvalue weighted by Gasteiger charge is -1.91. The van der Waals surface area contributed by atoms with Crippen LogP contribution < -0.4 is 0 Å². The Kier molecular flexibility index (Phi) is 2.17. The van der Waals surface area contributed by atoms with Crippen molar-refractivity contribution in [2.24, 2.45) is 0 Å². The Bertz CT molecular complexity index is 260. The highest BCUT2D eigenvalue weighted by atomic mass is 79.9. The number of rotatable bonds is 1. The molecule has 0 N–H and O–H groups in total. The molecule has 10 heavy (non-hydrogen) atoms. The summed E-state index contributed by atoms with van der Waals surface area (Å²) in [6.07, 6.45) is 0. The van der Waals surface area contributed by atoms with E-state index in [9.17, 15) is 9.18 Å². The van der Waals surface area contributed by atoms with Gasteiger partial charge in [-0.25, -0.2) is 0 Å². The molecule has 0 saturated carbocycles. The van der Waals surface area contributed by atoms with E-state index >= 15 is 0 Å². The van der Waals surface area contributed by atoms with E-state index in [-0.39, 0.29) is 5.56 Å². The summed E-state index contributed by atoms with van der Waals surface area (Å²) in [5, 5.41) is 0. The van der Waals surface area contributed by atoms with Crippen LogP contribution >= 0.6 is 15.9 Å². The van der Waals surface area contributed by atoms with Gasteiger partial charge in [-0.3, -0.25) is 4.79 Å². The maximum Gasteiger partial charge on any atom is 0.332 e. The van der Waals surface area contributed by atoms with Crippen molar-refractivity contribution in [3.8, 4) is 0 Å². The van der Waals surface area contributed by atoms with E-state index in [4.69, 9.17) is 0 Å². The van der Waals surface area contributed by atoms with Gasteiger partial charge in [0.1, 0.15) is 0 Å². The minimum Gasteiger partial charge on any atom is -0.255 e. The molecule has 0 atom stereocenters. The summed E-state index contributed by atoms with van der Waals surface area (Å²) in [6, 6.07) is 4.79. The number of carbonyl (C=O) groups excluding carboxylic acids is 1. The number of benzene rings is 1. The molecule has 52 valence electrons. The maximum absolute atomic E-state index is 12.0. The molecule has 0 heterocycles. The predicted octanol–water partition coefficient (Wildman–Crippen LogP) is 2.56. The second-order valence-corrected chi connectivity index (χ2v) is 2.70. The lowest BCUT2D eigenvalue weighted by Crippen LogP contribution is -1.87. The quantitative estimate of drug-likeness (QED) is 0.641. The molecule has 1 aromatic carbocycles. The van der Waals surface area contributed by atoms with Gasteiger partial charge in [-0.1, -0.05) is 22.0 Å². The lowest BCUT2D eigenvalue weighted by atomic mass is 10.2. The van der Waals surface area contributed by atoms with E-state index in [1.807, 2.05) is 0 Å². The van der Waals surface area contributed by atoms with Crippen molar-refractivity contribution in [3.05, 3.63) is 34.3 Å². The van der Waals surface area contributed by atoms with Gasteiger partial charge in [-0.2, -0.15) is 4.39 Å². The van der Waals surface area contributed by atoms with Gasteiger partial charge < -0.3 is 0 Å². The molecule has 1 aromatic rings. The molecule has 0 amide bonds. The largest absolute Gasteiger partial charge is 0.332 e. The molecule has 0 fully saturated rings. The summed E-state index contributed by atoms with van der Waals surface area (Å²) < 4.78 is 12.7. The summed E-state index contributed by atoms with van der Waals surface area (Å²) >= 11 is 3.11. The highest BCUT2D eigenvalue weighted by molar-refractivity contribution is 9.10. The number of carbonyl (C=O) groups is 1. The van der Waals surface area contributed by atoms with Crippen LogP contribution in [0.5, 0.6) is 0 Å². The Hall–Kier alpha value is -0.700. The van der Waals surface area contributed by atoms with E-state index in [0.717, 1.165) is 0 Å².